The molecule has 5 nitrogen and oxygen atoms in total. The van der Waals surface area contributed by atoms with E-state index in [4.69, 9.17) is 0 Å². The van der Waals surface area contributed by atoms with Crippen LogP contribution in [0.5, 0.6) is 0 Å². The topological polar surface area (TPSA) is 58.4 Å². The van der Waals surface area contributed by atoms with Gasteiger partial charge in [0.1, 0.15) is 0 Å². The van der Waals surface area contributed by atoms with Crippen LogP contribution < -0.4 is 0 Å². The average Bonchev–Trinajstić information content (AvgIpc) is 3.10. The highest BCUT2D eigenvalue weighted by Gasteiger charge is 2.57. The van der Waals surface area contributed by atoms with Crippen molar-refractivity contribution in [2.24, 2.45) is 0 Å². The van der Waals surface area contributed by atoms with Crippen LogP contribution >= 0.6 is 0 Å². The number of amides is 1. The zero-order chi connectivity index (χ0) is 18.9. The molecule has 0 aromatic carbocycles. The summed E-state index contributed by atoms with van der Waals surface area (Å²) in [5.74, 6) is -1.08. The van der Waals surface area contributed by atoms with Crippen LogP contribution in [0.4, 0.5) is 13.2 Å². The van der Waals surface area contributed by atoms with Gasteiger partial charge < -0.3 is 10.0 Å². The molecular weight excluding hydrogens is 347 g/mol. The molecule has 1 atom stereocenters. The first kappa shape index (κ1) is 19.2. The predicted octanol–water partition coefficient (Wildman–Crippen LogP) is 3.41. The summed E-state index contributed by atoms with van der Waals surface area (Å²) in [4.78, 5) is 13.2. The summed E-state index contributed by atoms with van der Waals surface area (Å²) in [5.41, 5.74) is -2.21. The van der Waals surface area contributed by atoms with Gasteiger partial charge in [-0.3, -0.25) is 9.48 Å². The second-order valence-electron chi connectivity index (χ2n) is 7.63. The molecule has 1 aliphatic carbocycles. The number of piperidine rings is 1. The molecule has 0 bridgehead atoms. The maximum atomic E-state index is 12.9. The smallest absolute Gasteiger partial charge is 0.373 e. The first-order valence-corrected chi connectivity index (χ1v) is 9.33. The molecule has 1 amide bonds. The summed E-state index contributed by atoms with van der Waals surface area (Å²) in [7, 11) is 0. The van der Waals surface area contributed by atoms with Crippen molar-refractivity contribution in [3.63, 3.8) is 0 Å². The Morgan fingerprint density at radius 1 is 1.15 bits per heavy atom. The Morgan fingerprint density at radius 2 is 1.77 bits per heavy atom. The Morgan fingerprint density at radius 3 is 2.35 bits per heavy atom. The van der Waals surface area contributed by atoms with Crippen LogP contribution in [-0.2, 0) is 4.79 Å². The lowest BCUT2D eigenvalue weighted by Crippen LogP contribution is -2.57. The average molecular weight is 373 g/mol. The number of nitrogens with zero attached hydrogens (tertiary/aromatic N) is 3. The van der Waals surface area contributed by atoms with Crippen LogP contribution in [0.1, 0.15) is 69.5 Å². The maximum Gasteiger partial charge on any atom is 0.426 e. The van der Waals surface area contributed by atoms with E-state index in [0.29, 0.717) is 25.8 Å². The first-order valence-electron chi connectivity index (χ1n) is 9.33. The normalized spacial score (nSPS) is 23.0. The monoisotopic (exact) mass is 373 g/mol. The van der Waals surface area contributed by atoms with Gasteiger partial charge in [-0.1, -0.05) is 19.3 Å². The maximum absolute atomic E-state index is 12.9. The number of hydrogen-bond acceptors (Lipinski definition) is 3. The van der Waals surface area contributed by atoms with Crippen LogP contribution in [-0.4, -0.2) is 50.6 Å². The number of rotatable bonds is 3. The summed E-state index contributed by atoms with van der Waals surface area (Å²) in [5, 5.41) is 14.1. The third kappa shape index (κ3) is 3.61. The molecular formula is C18H26F3N3O2. The molecule has 1 N–H and O–H groups in total. The van der Waals surface area contributed by atoms with E-state index in [1.807, 2.05) is 6.07 Å². The molecule has 0 radical (unpaired) electrons. The van der Waals surface area contributed by atoms with Gasteiger partial charge in [-0.2, -0.15) is 18.3 Å². The van der Waals surface area contributed by atoms with Gasteiger partial charge >= 0.3 is 6.18 Å². The molecule has 1 aromatic rings. The van der Waals surface area contributed by atoms with E-state index in [1.165, 1.54) is 19.3 Å². The highest BCUT2D eigenvalue weighted by atomic mass is 19.4. The summed E-state index contributed by atoms with van der Waals surface area (Å²) in [6.07, 6.45) is 3.85. The second kappa shape index (κ2) is 7.21. The predicted molar refractivity (Wildman–Crippen MR) is 89.6 cm³/mol. The van der Waals surface area contributed by atoms with E-state index < -0.39 is 17.7 Å². The van der Waals surface area contributed by atoms with Crippen LogP contribution in [0.25, 0.3) is 0 Å². The molecule has 1 saturated carbocycles. The van der Waals surface area contributed by atoms with E-state index in [0.717, 1.165) is 23.4 Å². The van der Waals surface area contributed by atoms with Crippen molar-refractivity contribution in [3.05, 3.63) is 18.0 Å². The first-order chi connectivity index (χ1) is 12.2. The summed E-state index contributed by atoms with van der Waals surface area (Å²) < 4.78 is 40.8. The van der Waals surface area contributed by atoms with Gasteiger partial charge in [0.25, 0.3) is 5.91 Å². The van der Waals surface area contributed by atoms with Crippen LogP contribution in [0, 0.1) is 0 Å². The summed E-state index contributed by atoms with van der Waals surface area (Å²) in [6.45, 7) is 0.955. The van der Waals surface area contributed by atoms with Gasteiger partial charge in [-0.25, -0.2) is 0 Å². The molecule has 2 fully saturated rings. The van der Waals surface area contributed by atoms with E-state index in [-0.39, 0.29) is 19.0 Å². The quantitative estimate of drug-likeness (QED) is 0.883. The molecule has 0 unspecified atom stereocenters. The fourth-order valence-corrected chi connectivity index (χ4v) is 4.09. The van der Waals surface area contributed by atoms with Gasteiger partial charge in [0, 0.05) is 30.9 Å². The van der Waals surface area contributed by atoms with Crippen molar-refractivity contribution in [2.45, 2.75) is 75.6 Å². The van der Waals surface area contributed by atoms with Gasteiger partial charge in [-0.05, 0) is 38.7 Å². The van der Waals surface area contributed by atoms with E-state index in [1.54, 1.807) is 6.20 Å². The van der Waals surface area contributed by atoms with Crippen LogP contribution in [0.15, 0.2) is 12.3 Å². The van der Waals surface area contributed by atoms with Crippen LogP contribution in [0.3, 0.4) is 0 Å². The molecule has 2 heterocycles. The molecule has 1 aromatic heterocycles. The third-order valence-electron chi connectivity index (χ3n) is 5.79. The summed E-state index contributed by atoms with van der Waals surface area (Å²) >= 11 is 0. The largest absolute Gasteiger partial charge is 0.426 e. The lowest BCUT2D eigenvalue weighted by atomic mass is 9.90. The number of carbonyl (C=O) groups excluding carboxylic acids is 1. The zero-order valence-electron chi connectivity index (χ0n) is 15.0. The van der Waals surface area contributed by atoms with E-state index >= 15 is 0 Å². The van der Waals surface area contributed by atoms with Gasteiger partial charge in [-0.15, -0.1) is 0 Å². The molecule has 3 rings (SSSR count). The number of alkyl halides is 3. The van der Waals surface area contributed by atoms with Gasteiger partial charge in [0.2, 0.25) is 5.60 Å². The fraction of sp³-hybridized carbons (Fsp3) is 0.778. The molecule has 8 heteroatoms. The molecule has 1 aliphatic heterocycles. The number of halogens is 3. The molecule has 0 spiro atoms. The number of hydrogen-bond donors (Lipinski definition) is 1. The molecule has 1 saturated heterocycles. The second-order valence-corrected chi connectivity index (χ2v) is 7.63. The van der Waals surface area contributed by atoms with Gasteiger partial charge in [0.05, 0.1) is 6.04 Å². The van der Waals surface area contributed by atoms with E-state index in [2.05, 4.69) is 9.78 Å². The zero-order valence-corrected chi connectivity index (χ0v) is 15.0. The molecule has 146 valence electrons. The van der Waals surface area contributed by atoms with Crippen LogP contribution in [0.2, 0.25) is 0 Å². The van der Waals surface area contributed by atoms with Crippen molar-refractivity contribution >= 4 is 5.91 Å². The number of aromatic nitrogens is 2. The standard InChI is InChI=1S/C18H26F3N3O2/c1-17(26,18(19,20)21)16(25)23-11-8-13(9-12-23)15-7-10-22-24(15)14-5-3-2-4-6-14/h7,10,13-14,26H,2-6,8-9,11-12H2,1H3/t17-/m1/s1. The fourth-order valence-electron chi connectivity index (χ4n) is 4.09. The lowest BCUT2D eigenvalue weighted by molar-refractivity contribution is -0.250. The SMILES string of the molecule is C[C@@](O)(C(=O)N1CCC(c2ccnn2C2CCCCC2)CC1)C(F)(F)F. The van der Waals surface area contributed by atoms with Crippen molar-refractivity contribution < 1.29 is 23.1 Å². The Bertz CT molecular complexity index is 628. The highest BCUT2D eigenvalue weighted by Crippen LogP contribution is 2.36. The minimum Gasteiger partial charge on any atom is -0.373 e. The number of aliphatic hydroxyl groups is 1. The van der Waals surface area contributed by atoms with Gasteiger partial charge in [0.15, 0.2) is 0 Å². The van der Waals surface area contributed by atoms with Crippen molar-refractivity contribution in [1.29, 1.82) is 0 Å². The van der Waals surface area contributed by atoms with E-state index in [9.17, 15) is 23.1 Å². The summed E-state index contributed by atoms with van der Waals surface area (Å²) in [6, 6.07) is 2.39. The van der Waals surface area contributed by atoms with Crippen molar-refractivity contribution in [2.75, 3.05) is 13.1 Å². The van der Waals surface area contributed by atoms with Crippen molar-refractivity contribution in [3.8, 4) is 0 Å². The number of carbonyl (C=O) groups is 1. The minimum atomic E-state index is -4.97. The Balaban J connectivity index is 1.64. The molecule has 2 aliphatic rings. The Kier molecular flexibility index (Phi) is 5.33. The van der Waals surface area contributed by atoms with Crippen molar-refractivity contribution in [1.82, 2.24) is 14.7 Å². The minimum absolute atomic E-state index is 0.180. The Labute approximate surface area is 151 Å². The lowest BCUT2D eigenvalue weighted by Gasteiger charge is -2.37. The highest BCUT2D eigenvalue weighted by molar-refractivity contribution is 5.85. The Hall–Kier alpha value is -1.57. The molecule has 26 heavy (non-hydrogen) atoms. The number of likely N-dealkylation sites (tertiary alicyclic amines) is 1. The third-order valence-corrected chi connectivity index (χ3v) is 5.79.